The second-order valence-electron chi connectivity index (χ2n) is 6.34. The molecule has 3 amide bonds. The fourth-order valence-corrected chi connectivity index (χ4v) is 4.02. The molecule has 6 nitrogen and oxygen atoms in total. The van der Waals surface area contributed by atoms with Crippen LogP contribution >= 0.6 is 11.8 Å². The van der Waals surface area contributed by atoms with Crippen molar-refractivity contribution in [2.45, 2.75) is 12.3 Å². The van der Waals surface area contributed by atoms with Crippen molar-refractivity contribution in [3.63, 3.8) is 0 Å². The molecule has 0 bridgehead atoms. The Labute approximate surface area is 165 Å². The maximum atomic E-state index is 12.9. The molecule has 140 valence electrons. The van der Waals surface area contributed by atoms with E-state index >= 15 is 0 Å². The van der Waals surface area contributed by atoms with Crippen LogP contribution in [0.1, 0.15) is 6.92 Å². The molecule has 1 heterocycles. The van der Waals surface area contributed by atoms with E-state index in [0.29, 0.717) is 17.1 Å². The molecule has 0 aromatic heterocycles. The minimum atomic E-state index is -0.710. The fourth-order valence-electron chi connectivity index (χ4n) is 3.13. The lowest BCUT2D eigenvalue weighted by molar-refractivity contribution is -0.116. The van der Waals surface area contributed by atoms with Crippen molar-refractivity contribution < 1.29 is 14.4 Å². The van der Waals surface area contributed by atoms with Crippen molar-refractivity contribution in [1.82, 2.24) is 0 Å². The Morgan fingerprint density at radius 3 is 2.36 bits per heavy atom. The van der Waals surface area contributed by atoms with Gasteiger partial charge in [-0.05, 0) is 47.5 Å². The Bertz CT molecular complexity index is 1080. The molecule has 3 aromatic carbocycles. The number of nitrogens with one attached hydrogen (secondary N) is 2. The lowest BCUT2D eigenvalue weighted by atomic mass is 10.1. The summed E-state index contributed by atoms with van der Waals surface area (Å²) in [6, 6.07) is 20.2. The summed E-state index contributed by atoms with van der Waals surface area (Å²) in [6.07, 6.45) is 0. The van der Waals surface area contributed by atoms with E-state index in [4.69, 9.17) is 0 Å². The van der Waals surface area contributed by atoms with Gasteiger partial charge in [0, 0.05) is 23.7 Å². The average Bonchev–Trinajstić information content (AvgIpc) is 2.96. The number of rotatable bonds is 4. The molecule has 1 aliphatic rings. The van der Waals surface area contributed by atoms with E-state index in [2.05, 4.69) is 10.6 Å². The minimum Gasteiger partial charge on any atom is -0.365 e. The van der Waals surface area contributed by atoms with Crippen LogP contribution in [-0.4, -0.2) is 22.4 Å². The third kappa shape index (κ3) is 3.44. The van der Waals surface area contributed by atoms with Crippen LogP contribution in [0.25, 0.3) is 10.8 Å². The number of carbonyl (C=O) groups is 3. The Morgan fingerprint density at radius 2 is 1.61 bits per heavy atom. The van der Waals surface area contributed by atoms with E-state index in [9.17, 15) is 14.4 Å². The highest BCUT2D eigenvalue weighted by molar-refractivity contribution is 8.16. The van der Waals surface area contributed by atoms with Gasteiger partial charge in [-0.3, -0.25) is 14.4 Å². The molecule has 3 aromatic rings. The van der Waals surface area contributed by atoms with Gasteiger partial charge in [0.2, 0.25) is 5.91 Å². The summed E-state index contributed by atoms with van der Waals surface area (Å²) in [5.74, 6) is -0.462. The normalized spacial score (nSPS) is 16.5. The summed E-state index contributed by atoms with van der Waals surface area (Å²) in [4.78, 5) is 37.9. The quantitative estimate of drug-likeness (QED) is 0.688. The number of thioether (sulfide) groups is 1. The highest BCUT2D eigenvalue weighted by atomic mass is 32.2. The Kier molecular flexibility index (Phi) is 4.75. The molecular weight excluding hydrogens is 374 g/mol. The summed E-state index contributed by atoms with van der Waals surface area (Å²) in [7, 11) is 0. The number of carbonyl (C=O) groups excluding carboxylic acids is 3. The molecule has 1 atom stereocenters. The number of hydrogen-bond acceptors (Lipinski definition) is 5. The predicted molar refractivity (Wildman–Crippen MR) is 113 cm³/mol. The van der Waals surface area contributed by atoms with Crippen LogP contribution in [0.5, 0.6) is 0 Å². The van der Waals surface area contributed by atoms with Crippen molar-refractivity contribution in [1.29, 1.82) is 0 Å². The van der Waals surface area contributed by atoms with Gasteiger partial charge in [-0.25, -0.2) is 4.90 Å². The molecule has 0 spiro atoms. The standard InChI is InChI=1S/C21H17N3O3S/c1-13(25)22-15-9-11-16(12-10-15)23-19-20(26)24(21(27)28-19)18-8-4-6-14-5-2-3-7-17(14)18/h2-12,19,23H,1H3,(H,22,25). The Morgan fingerprint density at radius 1 is 0.929 bits per heavy atom. The average molecular weight is 391 g/mol. The van der Waals surface area contributed by atoms with Crippen LogP contribution in [0.15, 0.2) is 66.7 Å². The smallest absolute Gasteiger partial charge is 0.295 e. The summed E-state index contributed by atoms with van der Waals surface area (Å²) in [5, 5.41) is 6.57. The van der Waals surface area contributed by atoms with Gasteiger partial charge in [-0.2, -0.15) is 0 Å². The monoisotopic (exact) mass is 391 g/mol. The van der Waals surface area contributed by atoms with Gasteiger partial charge in [0.1, 0.15) is 0 Å². The van der Waals surface area contributed by atoms with Crippen LogP contribution in [0, 0.1) is 0 Å². The Balaban J connectivity index is 1.56. The first kappa shape index (κ1) is 18.1. The number of imide groups is 1. The van der Waals surface area contributed by atoms with Crippen LogP contribution in [0.4, 0.5) is 21.9 Å². The molecule has 1 fully saturated rings. The van der Waals surface area contributed by atoms with Gasteiger partial charge >= 0.3 is 0 Å². The first-order chi connectivity index (χ1) is 13.5. The van der Waals surface area contributed by atoms with Gasteiger partial charge in [-0.15, -0.1) is 0 Å². The number of fused-ring (bicyclic) bond motifs is 1. The molecule has 0 radical (unpaired) electrons. The molecule has 0 aliphatic carbocycles. The summed E-state index contributed by atoms with van der Waals surface area (Å²) in [6.45, 7) is 1.44. The third-order valence-corrected chi connectivity index (χ3v) is 5.30. The first-order valence-corrected chi connectivity index (χ1v) is 9.57. The Hall–Kier alpha value is -3.32. The second kappa shape index (κ2) is 7.36. The molecule has 2 N–H and O–H groups in total. The molecule has 1 saturated heterocycles. The van der Waals surface area contributed by atoms with Crippen LogP contribution in [-0.2, 0) is 9.59 Å². The van der Waals surface area contributed by atoms with Gasteiger partial charge < -0.3 is 10.6 Å². The number of anilines is 3. The number of benzene rings is 3. The zero-order valence-electron chi connectivity index (χ0n) is 15.0. The second-order valence-corrected chi connectivity index (χ2v) is 7.39. The highest BCUT2D eigenvalue weighted by Crippen LogP contribution is 2.36. The predicted octanol–water partition coefficient (Wildman–Crippen LogP) is 4.44. The molecule has 1 unspecified atom stereocenters. The maximum absolute atomic E-state index is 12.9. The largest absolute Gasteiger partial charge is 0.365 e. The molecule has 1 aliphatic heterocycles. The number of amides is 3. The molecule has 4 rings (SSSR count). The number of nitrogens with zero attached hydrogens (tertiary/aromatic N) is 1. The van der Waals surface area contributed by atoms with E-state index < -0.39 is 5.37 Å². The third-order valence-electron chi connectivity index (χ3n) is 4.36. The topological polar surface area (TPSA) is 78.5 Å². The fraction of sp³-hybridized carbons (Fsp3) is 0.0952. The van der Waals surface area contributed by atoms with E-state index in [-0.39, 0.29) is 17.1 Å². The highest BCUT2D eigenvalue weighted by Gasteiger charge is 2.41. The lowest BCUT2D eigenvalue weighted by Gasteiger charge is -2.17. The van der Waals surface area contributed by atoms with Gasteiger partial charge in [0.05, 0.1) is 5.69 Å². The number of hydrogen-bond donors (Lipinski definition) is 2. The minimum absolute atomic E-state index is 0.154. The summed E-state index contributed by atoms with van der Waals surface area (Å²) < 4.78 is 0. The van der Waals surface area contributed by atoms with Crippen molar-refractivity contribution in [2.75, 3.05) is 15.5 Å². The van der Waals surface area contributed by atoms with Crippen LogP contribution in [0.3, 0.4) is 0 Å². The zero-order chi connectivity index (χ0) is 19.7. The van der Waals surface area contributed by atoms with E-state index in [1.54, 1.807) is 30.3 Å². The molecular formula is C21H17N3O3S. The SMILES string of the molecule is CC(=O)Nc1ccc(NC2SC(=O)N(c3cccc4ccccc34)C2=O)cc1. The zero-order valence-corrected chi connectivity index (χ0v) is 15.8. The first-order valence-electron chi connectivity index (χ1n) is 8.69. The van der Waals surface area contributed by atoms with Crippen molar-refractivity contribution in [3.8, 4) is 0 Å². The summed E-state index contributed by atoms with van der Waals surface area (Å²) in [5.41, 5.74) is 1.94. The van der Waals surface area contributed by atoms with E-state index in [0.717, 1.165) is 22.5 Å². The van der Waals surface area contributed by atoms with Gasteiger partial charge in [0.25, 0.3) is 11.1 Å². The van der Waals surface area contributed by atoms with E-state index in [1.807, 2.05) is 36.4 Å². The molecule has 7 heteroatoms. The van der Waals surface area contributed by atoms with Crippen LogP contribution in [0.2, 0.25) is 0 Å². The van der Waals surface area contributed by atoms with Crippen molar-refractivity contribution >= 4 is 56.7 Å². The molecule has 28 heavy (non-hydrogen) atoms. The maximum Gasteiger partial charge on any atom is 0.295 e. The van der Waals surface area contributed by atoms with Gasteiger partial charge in [0.15, 0.2) is 5.37 Å². The van der Waals surface area contributed by atoms with Crippen LogP contribution < -0.4 is 15.5 Å². The van der Waals surface area contributed by atoms with Crippen molar-refractivity contribution in [2.24, 2.45) is 0 Å². The summed E-state index contributed by atoms with van der Waals surface area (Å²) >= 11 is 0.951. The molecule has 0 saturated carbocycles. The lowest BCUT2D eigenvalue weighted by Crippen LogP contribution is -2.34. The van der Waals surface area contributed by atoms with Crippen molar-refractivity contribution in [3.05, 3.63) is 66.7 Å². The van der Waals surface area contributed by atoms with E-state index in [1.165, 1.54) is 11.8 Å². The van der Waals surface area contributed by atoms with Gasteiger partial charge in [-0.1, -0.05) is 36.4 Å².